The molecule has 0 saturated heterocycles. The summed E-state index contributed by atoms with van der Waals surface area (Å²) in [4.78, 5) is 12.7. The molecule has 21 heavy (non-hydrogen) atoms. The SMILES string of the molecule is Cc1nn(C)c(NC[C@@H](c2ccco2)N(C)C)c1[N+](=O)[O-]. The van der Waals surface area contributed by atoms with E-state index in [4.69, 9.17) is 4.42 Å². The van der Waals surface area contributed by atoms with E-state index in [0.717, 1.165) is 5.76 Å². The molecule has 1 N–H and O–H groups in total. The van der Waals surface area contributed by atoms with Crippen LogP contribution in [-0.2, 0) is 7.05 Å². The predicted molar refractivity (Wildman–Crippen MR) is 78.2 cm³/mol. The van der Waals surface area contributed by atoms with Crippen LogP contribution in [-0.4, -0.2) is 40.2 Å². The van der Waals surface area contributed by atoms with Gasteiger partial charge in [0.1, 0.15) is 11.5 Å². The molecular weight excluding hydrogens is 274 g/mol. The quantitative estimate of drug-likeness (QED) is 0.646. The molecule has 2 aromatic rings. The van der Waals surface area contributed by atoms with Gasteiger partial charge in [-0.1, -0.05) is 0 Å². The molecule has 0 aliphatic rings. The van der Waals surface area contributed by atoms with Gasteiger partial charge in [-0.05, 0) is 33.2 Å². The maximum Gasteiger partial charge on any atom is 0.333 e. The topological polar surface area (TPSA) is 89.4 Å². The molecule has 2 rings (SSSR count). The third-order valence-corrected chi connectivity index (χ3v) is 3.33. The zero-order valence-corrected chi connectivity index (χ0v) is 12.5. The van der Waals surface area contributed by atoms with Crippen LogP contribution in [0, 0.1) is 17.0 Å². The summed E-state index contributed by atoms with van der Waals surface area (Å²) in [6.07, 6.45) is 1.61. The number of rotatable bonds is 6. The molecule has 2 heterocycles. The number of nitrogens with zero attached hydrogens (tertiary/aromatic N) is 4. The highest BCUT2D eigenvalue weighted by Crippen LogP contribution is 2.28. The highest BCUT2D eigenvalue weighted by Gasteiger charge is 2.25. The van der Waals surface area contributed by atoms with E-state index in [9.17, 15) is 10.1 Å². The van der Waals surface area contributed by atoms with Crippen LogP contribution in [0.2, 0.25) is 0 Å². The van der Waals surface area contributed by atoms with E-state index in [0.29, 0.717) is 18.1 Å². The van der Waals surface area contributed by atoms with Crippen LogP contribution >= 0.6 is 0 Å². The van der Waals surface area contributed by atoms with Gasteiger partial charge < -0.3 is 9.73 Å². The van der Waals surface area contributed by atoms with Crippen molar-refractivity contribution in [3.05, 3.63) is 40.0 Å². The van der Waals surface area contributed by atoms with Crippen molar-refractivity contribution in [2.24, 2.45) is 7.05 Å². The van der Waals surface area contributed by atoms with Gasteiger partial charge in [0.05, 0.1) is 17.2 Å². The molecule has 0 aliphatic carbocycles. The molecule has 0 aliphatic heterocycles. The Hall–Kier alpha value is -2.35. The highest BCUT2D eigenvalue weighted by molar-refractivity contribution is 5.59. The zero-order chi connectivity index (χ0) is 15.6. The first kappa shape index (κ1) is 15.0. The Labute approximate surface area is 122 Å². The van der Waals surface area contributed by atoms with Crippen molar-refractivity contribution in [1.29, 1.82) is 0 Å². The Balaban J connectivity index is 2.21. The van der Waals surface area contributed by atoms with Gasteiger partial charge in [-0.15, -0.1) is 0 Å². The van der Waals surface area contributed by atoms with E-state index in [-0.39, 0.29) is 11.7 Å². The van der Waals surface area contributed by atoms with Crippen LogP contribution in [0.1, 0.15) is 17.5 Å². The summed E-state index contributed by atoms with van der Waals surface area (Å²) in [5.74, 6) is 1.20. The lowest BCUT2D eigenvalue weighted by molar-refractivity contribution is -0.384. The minimum absolute atomic E-state index is 0.00875. The number of likely N-dealkylation sites (N-methyl/N-ethyl adjacent to an activating group) is 1. The Morgan fingerprint density at radius 1 is 1.57 bits per heavy atom. The summed E-state index contributed by atoms with van der Waals surface area (Å²) in [5.41, 5.74) is 0.402. The molecule has 0 fully saturated rings. The van der Waals surface area contributed by atoms with Crippen molar-refractivity contribution in [3.8, 4) is 0 Å². The summed E-state index contributed by atoms with van der Waals surface area (Å²) in [5, 5.41) is 18.4. The number of anilines is 1. The van der Waals surface area contributed by atoms with Crippen molar-refractivity contribution in [1.82, 2.24) is 14.7 Å². The number of nitro groups is 1. The van der Waals surface area contributed by atoms with Crippen LogP contribution in [0.5, 0.6) is 0 Å². The van der Waals surface area contributed by atoms with Gasteiger partial charge in [0.15, 0.2) is 0 Å². The summed E-state index contributed by atoms with van der Waals surface area (Å²) >= 11 is 0. The Kier molecular flexibility index (Phi) is 4.27. The summed E-state index contributed by atoms with van der Waals surface area (Å²) in [6, 6.07) is 3.67. The van der Waals surface area contributed by atoms with E-state index in [1.807, 2.05) is 31.1 Å². The average Bonchev–Trinajstić information content (AvgIpc) is 2.98. The molecule has 0 saturated carbocycles. The molecule has 8 heteroatoms. The molecule has 0 unspecified atom stereocenters. The van der Waals surface area contributed by atoms with E-state index in [2.05, 4.69) is 10.4 Å². The van der Waals surface area contributed by atoms with Crippen molar-refractivity contribution < 1.29 is 9.34 Å². The second-order valence-corrected chi connectivity index (χ2v) is 5.04. The maximum absolute atomic E-state index is 11.1. The largest absolute Gasteiger partial charge is 0.468 e. The van der Waals surface area contributed by atoms with E-state index >= 15 is 0 Å². The lowest BCUT2D eigenvalue weighted by Crippen LogP contribution is -2.27. The smallest absolute Gasteiger partial charge is 0.333 e. The van der Waals surface area contributed by atoms with Crippen molar-refractivity contribution in [2.75, 3.05) is 26.0 Å². The first-order valence-corrected chi connectivity index (χ1v) is 6.53. The van der Waals surface area contributed by atoms with Gasteiger partial charge in [0.25, 0.3) is 0 Å². The number of aromatic nitrogens is 2. The highest BCUT2D eigenvalue weighted by atomic mass is 16.6. The molecule has 0 spiro atoms. The molecule has 114 valence electrons. The van der Waals surface area contributed by atoms with Crippen molar-refractivity contribution in [3.63, 3.8) is 0 Å². The van der Waals surface area contributed by atoms with E-state index in [1.54, 1.807) is 20.2 Å². The van der Waals surface area contributed by atoms with Crippen molar-refractivity contribution in [2.45, 2.75) is 13.0 Å². The molecule has 2 aromatic heterocycles. The normalized spacial score (nSPS) is 12.6. The van der Waals surface area contributed by atoms with Crippen LogP contribution in [0.4, 0.5) is 11.5 Å². The predicted octanol–water partition coefficient (Wildman–Crippen LogP) is 1.94. The maximum atomic E-state index is 11.1. The molecular formula is C13H19N5O3. The fraction of sp³-hybridized carbons (Fsp3) is 0.462. The number of nitrogens with one attached hydrogen (secondary N) is 1. The van der Waals surface area contributed by atoms with Crippen LogP contribution in [0.25, 0.3) is 0 Å². The fourth-order valence-electron chi connectivity index (χ4n) is 2.28. The van der Waals surface area contributed by atoms with Gasteiger partial charge >= 0.3 is 5.69 Å². The molecule has 0 radical (unpaired) electrons. The first-order chi connectivity index (χ1) is 9.91. The minimum Gasteiger partial charge on any atom is -0.468 e. The Bertz CT molecular complexity index is 618. The van der Waals surface area contributed by atoms with Crippen LogP contribution in [0.3, 0.4) is 0 Å². The van der Waals surface area contributed by atoms with Gasteiger partial charge in [-0.2, -0.15) is 5.10 Å². The van der Waals surface area contributed by atoms with Crippen LogP contribution < -0.4 is 5.32 Å². The zero-order valence-electron chi connectivity index (χ0n) is 12.5. The Morgan fingerprint density at radius 2 is 2.29 bits per heavy atom. The number of aryl methyl sites for hydroxylation is 2. The summed E-state index contributed by atoms with van der Waals surface area (Å²) in [7, 11) is 5.54. The lowest BCUT2D eigenvalue weighted by atomic mass is 10.2. The molecule has 8 nitrogen and oxygen atoms in total. The summed E-state index contributed by atoms with van der Waals surface area (Å²) in [6.45, 7) is 2.10. The van der Waals surface area contributed by atoms with Crippen LogP contribution in [0.15, 0.2) is 22.8 Å². The molecule has 0 aromatic carbocycles. The molecule has 0 amide bonds. The first-order valence-electron chi connectivity index (χ1n) is 6.53. The number of hydrogen-bond acceptors (Lipinski definition) is 6. The standard InChI is InChI=1S/C13H19N5O3/c1-9-12(18(19)20)13(17(4)15-9)14-8-10(16(2)3)11-6-5-7-21-11/h5-7,10,14H,8H2,1-4H3/t10-/m0/s1. The van der Waals surface area contributed by atoms with E-state index < -0.39 is 4.92 Å². The molecule has 0 bridgehead atoms. The number of hydrogen-bond donors (Lipinski definition) is 1. The lowest BCUT2D eigenvalue weighted by Gasteiger charge is -2.22. The summed E-state index contributed by atoms with van der Waals surface area (Å²) < 4.78 is 6.91. The molecule has 1 atom stereocenters. The van der Waals surface area contributed by atoms with E-state index in [1.165, 1.54) is 4.68 Å². The number of furan rings is 1. The Morgan fingerprint density at radius 3 is 2.81 bits per heavy atom. The third kappa shape index (κ3) is 3.05. The third-order valence-electron chi connectivity index (χ3n) is 3.33. The monoisotopic (exact) mass is 293 g/mol. The fourth-order valence-corrected chi connectivity index (χ4v) is 2.28. The minimum atomic E-state index is -0.414. The van der Waals surface area contributed by atoms with Gasteiger partial charge in [-0.3, -0.25) is 15.0 Å². The van der Waals surface area contributed by atoms with Gasteiger partial charge in [0.2, 0.25) is 5.82 Å². The van der Waals surface area contributed by atoms with Gasteiger partial charge in [-0.25, -0.2) is 4.68 Å². The average molecular weight is 293 g/mol. The second kappa shape index (κ2) is 5.96. The second-order valence-electron chi connectivity index (χ2n) is 5.04. The van der Waals surface area contributed by atoms with Crippen molar-refractivity contribution >= 4 is 11.5 Å². The van der Waals surface area contributed by atoms with Gasteiger partial charge in [0, 0.05) is 13.6 Å².